The molecule has 0 aliphatic heterocycles. The molecule has 4 nitrogen and oxygen atoms in total. The van der Waals surface area contributed by atoms with Crippen LogP contribution in [0.2, 0.25) is 0 Å². The average Bonchev–Trinajstić information content (AvgIpc) is 2.18. The SMILES string of the molecule is CCC(=O)OC1CC=CC=C1C(=O)O. The Hall–Kier alpha value is -1.58. The first kappa shape index (κ1) is 10.5. The second-order valence-corrected chi connectivity index (χ2v) is 2.92. The Balaban J connectivity index is 2.69. The standard InChI is InChI=1S/C10H12O4/c1-2-9(11)14-8-6-4-3-5-7(8)10(12)13/h3-5,8H,2,6H2,1H3,(H,12,13). The lowest BCUT2D eigenvalue weighted by Crippen LogP contribution is -2.25. The Kier molecular flexibility index (Phi) is 3.45. The molecule has 0 heterocycles. The molecule has 0 amide bonds. The summed E-state index contributed by atoms with van der Waals surface area (Å²) in [5.74, 6) is -1.42. The summed E-state index contributed by atoms with van der Waals surface area (Å²) < 4.78 is 4.98. The summed E-state index contributed by atoms with van der Waals surface area (Å²) in [5, 5.41) is 8.80. The van der Waals surface area contributed by atoms with Crippen molar-refractivity contribution in [3.05, 3.63) is 23.8 Å². The highest BCUT2D eigenvalue weighted by Gasteiger charge is 2.23. The summed E-state index contributed by atoms with van der Waals surface area (Å²) in [6, 6.07) is 0. The Labute approximate surface area is 81.9 Å². The monoisotopic (exact) mass is 196 g/mol. The Morgan fingerprint density at radius 3 is 2.93 bits per heavy atom. The zero-order valence-corrected chi connectivity index (χ0v) is 7.90. The number of carbonyl (C=O) groups is 2. The third-order valence-corrected chi connectivity index (χ3v) is 1.92. The highest BCUT2D eigenvalue weighted by molar-refractivity contribution is 5.89. The molecular weight excluding hydrogens is 184 g/mol. The minimum Gasteiger partial charge on any atom is -0.478 e. The molecule has 1 aliphatic carbocycles. The van der Waals surface area contributed by atoms with Gasteiger partial charge in [0.05, 0.1) is 5.57 Å². The Morgan fingerprint density at radius 1 is 1.64 bits per heavy atom. The van der Waals surface area contributed by atoms with E-state index in [4.69, 9.17) is 9.84 Å². The van der Waals surface area contributed by atoms with Gasteiger partial charge in [0.25, 0.3) is 0 Å². The molecule has 0 aromatic carbocycles. The molecule has 0 radical (unpaired) electrons. The van der Waals surface area contributed by atoms with Gasteiger partial charge >= 0.3 is 11.9 Å². The number of aliphatic carboxylic acids is 1. The van der Waals surface area contributed by atoms with E-state index in [0.29, 0.717) is 6.42 Å². The molecule has 14 heavy (non-hydrogen) atoms. The van der Waals surface area contributed by atoms with Crippen LogP contribution in [0.3, 0.4) is 0 Å². The van der Waals surface area contributed by atoms with Crippen LogP contribution in [0.25, 0.3) is 0 Å². The van der Waals surface area contributed by atoms with Crippen molar-refractivity contribution in [1.82, 2.24) is 0 Å². The van der Waals surface area contributed by atoms with Gasteiger partial charge in [0.1, 0.15) is 6.10 Å². The fourth-order valence-electron chi connectivity index (χ4n) is 1.17. The van der Waals surface area contributed by atoms with Crippen LogP contribution in [0.5, 0.6) is 0 Å². The summed E-state index contributed by atoms with van der Waals surface area (Å²) in [4.78, 5) is 21.7. The van der Waals surface area contributed by atoms with E-state index in [1.165, 1.54) is 6.08 Å². The molecule has 1 N–H and O–H groups in total. The summed E-state index contributed by atoms with van der Waals surface area (Å²) in [5.41, 5.74) is 0.134. The van der Waals surface area contributed by atoms with Gasteiger partial charge in [-0.15, -0.1) is 0 Å². The predicted molar refractivity (Wildman–Crippen MR) is 49.6 cm³/mol. The summed E-state index contributed by atoms with van der Waals surface area (Å²) in [6.07, 6.45) is 4.95. The van der Waals surface area contributed by atoms with Crippen molar-refractivity contribution < 1.29 is 19.4 Å². The second kappa shape index (κ2) is 4.60. The van der Waals surface area contributed by atoms with Crippen molar-refractivity contribution in [3.63, 3.8) is 0 Å². The zero-order chi connectivity index (χ0) is 10.6. The summed E-state index contributed by atoms with van der Waals surface area (Å²) in [7, 11) is 0. The van der Waals surface area contributed by atoms with Crippen molar-refractivity contribution in [1.29, 1.82) is 0 Å². The first-order chi connectivity index (χ1) is 6.65. The number of ether oxygens (including phenoxy) is 1. The van der Waals surface area contributed by atoms with E-state index < -0.39 is 12.1 Å². The quantitative estimate of drug-likeness (QED) is 0.690. The molecule has 1 rings (SSSR count). The molecule has 1 aliphatic rings. The van der Waals surface area contributed by atoms with Gasteiger partial charge in [0.15, 0.2) is 0 Å². The van der Waals surface area contributed by atoms with Crippen LogP contribution in [0.4, 0.5) is 0 Å². The molecule has 0 aromatic rings. The van der Waals surface area contributed by atoms with Crippen LogP contribution in [0, 0.1) is 0 Å². The number of hydrogen-bond donors (Lipinski definition) is 1. The lowest BCUT2D eigenvalue weighted by Gasteiger charge is -2.18. The number of carboxylic acid groups (broad SMARTS) is 1. The topological polar surface area (TPSA) is 63.6 Å². The summed E-state index contributed by atoms with van der Waals surface area (Å²) >= 11 is 0. The third-order valence-electron chi connectivity index (χ3n) is 1.92. The van der Waals surface area contributed by atoms with Crippen molar-refractivity contribution in [3.8, 4) is 0 Å². The maximum atomic E-state index is 11.0. The van der Waals surface area contributed by atoms with E-state index in [-0.39, 0.29) is 18.0 Å². The van der Waals surface area contributed by atoms with Crippen molar-refractivity contribution in [2.45, 2.75) is 25.9 Å². The van der Waals surface area contributed by atoms with Gasteiger partial charge < -0.3 is 9.84 Å². The normalized spacial score (nSPS) is 20.1. The van der Waals surface area contributed by atoms with Crippen LogP contribution < -0.4 is 0 Å². The minimum atomic E-state index is -1.04. The third kappa shape index (κ3) is 2.45. The van der Waals surface area contributed by atoms with Gasteiger partial charge in [0.2, 0.25) is 0 Å². The summed E-state index contributed by atoms with van der Waals surface area (Å²) in [6.45, 7) is 1.67. The highest BCUT2D eigenvalue weighted by atomic mass is 16.5. The van der Waals surface area contributed by atoms with Crippen LogP contribution in [0.1, 0.15) is 19.8 Å². The smallest absolute Gasteiger partial charge is 0.335 e. The number of rotatable bonds is 3. The first-order valence-electron chi connectivity index (χ1n) is 4.44. The number of carboxylic acids is 1. The van der Waals surface area contributed by atoms with Gasteiger partial charge in [-0.2, -0.15) is 0 Å². The molecule has 0 bridgehead atoms. The maximum absolute atomic E-state index is 11.0. The molecule has 76 valence electrons. The van der Waals surface area contributed by atoms with E-state index >= 15 is 0 Å². The number of allylic oxidation sites excluding steroid dienone is 2. The van der Waals surface area contributed by atoms with Crippen molar-refractivity contribution in [2.24, 2.45) is 0 Å². The Morgan fingerprint density at radius 2 is 2.36 bits per heavy atom. The average molecular weight is 196 g/mol. The fourth-order valence-corrected chi connectivity index (χ4v) is 1.17. The highest BCUT2D eigenvalue weighted by Crippen LogP contribution is 2.17. The minimum absolute atomic E-state index is 0.134. The lowest BCUT2D eigenvalue weighted by molar-refractivity contribution is -0.148. The van der Waals surface area contributed by atoms with Gasteiger partial charge in [-0.3, -0.25) is 4.79 Å². The lowest BCUT2D eigenvalue weighted by atomic mass is 10.0. The molecule has 0 aromatic heterocycles. The molecule has 1 unspecified atom stereocenters. The molecule has 4 heteroatoms. The van der Waals surface area contributed by atoms with Gasteiger partial charge in [-0.1, -0.05) is 19.1 Å². The Bertz CT molecular complexity index is 301. The van der Waals surface area contributed by atoms with E-state index in [1.54, 1.807) is 19.1 Å². The van der Waals surface area contributed by atoms with E-state index in [1.807, 2.05) is 0 Å². The van der Waals surface area contributed by atoms with Crippen molar-refractivity contribution in [2.75, 3.05) is 0 Å². The number of hydrogen-bond acceptors (Lipinski definition) is 3. The molecule has 1 atom stereocenters. The van der Waals surface area contributed by atoms with Crippen molar-refractivity contribution >= 4 is 11.9 Å². The molecule has 0 saturated carbocycles. The van der Waals surface area contributed by atoms with Crippen LogP contribution in [-0.2, 0) is 14.3 Å². The van der Waals surface area contributed by atoms with Gasteiger partial charge in [0, 0.05) is 12.8 Å². The van der Waals surface area contributed by atoms with E-state index in [0.717, 1.165) is 0 Å². The predicted octanol–water partition coefficient (Wildman–Crippen LogP) is 1.28. The second-order valence-electron chi connectivity index (χ2n) is 2.92. The zero-order valence-electron chi connectivity index (χ0n) is 7.90. The van der Waals surface area contributed by atoms with Crippen LogP contribution in [0.15, 0.2) is 23.8 Å². The van der Waals surface area contributed by atoms with Crippen LogP contribution in [-0.4, -0.2) is 23.1 Å². The largest absolute Gasteiger partial charge is 0.478 e. The van der Waals surface area contributed by atoms with Gasteiger partial charge in [-0.05, 0) is 6.08 Å². The number of carbonyl (C=O) groups excluding carboxylic acids is 1. The first-order valence-corrected chi connectivity index (χ1v) is 4.44. The molecule has 0 fully saturated rings. The van der Waals surface area contributed by atoms with E-state index in [9.17, 15) is 9.59 Å². The molecular formula is C10H12O4. The van der Waals surface area contributed by atoms with Gasteiger partial charge in [-0.25, -0.2) is 4.79 Å². The molecule has 0 spiro atoms. The van der Waals surface area contributed by atoms with Crippen LogP contribution >= 0.6 is 0 Å². The fraction of sp³-hybridized carbons (Fsp3) is 0.400. The number of esters is 1. The van der Waals surface area contributed by atoms with E-state index in [2.05, 4.69) is 0 Å². The molecule has 0 saturated heterocycles. The maximum Gasteiger partial charge on any atom is 0.335 e.